The second kappa shape index (κ2) is 5.71. The van der Waals surface area contributed by atoms with E-state index in [0.717, 1.165) is 18.7 Å². The third kappa shape index (κ3) is 3.14. The summed E-state index contributed by atoms with van der Waals surface area (Å²) in [4.78, 5) is 2.49. The van der Waals surface area contributed by atoms with Gasteiger partial charge in [0.2, 0.25) is 0 Å². The minimum Gasteiger partial charge on any atom is -0.375 e. The maximum Gasteiger partial charge on any atom is 0.0697 e. The minimum atomic E-state index is 0.257. The number of nitrogens with zero attached hydrogens (tertiary/aromatic N) is 1. The largest absolute Gasteiger partial charge is 0.375 e. The zero-order valence-corrected chi connectivity index (χ0v) is 12.7. The SMILES string of the molecule is CC1CC(NC2CCOC3(CCCC3)C2)CCN1C. The van der Waals surface area contributed by atoms with Crippen molar-refractivity contribution < 1.29 is 4.74 Å². The molecular formula is C16H30N2O. The molecule has 0 aromatic heterocycles. The third-order valence-electron chi connectivity index (χ3n) is 5.69. The minimum absolute atomic E-state index is 0.257. The van der Waals surface area contributed by atoms with E-state index in [2.05, 4.69) is 24.2 Å². The second-order valence-corrected chi connectivity index (χ2v) is 7.15. The number of likely N-dealkylation sites (tertiary alicyclic amines) is 1. The van der Waals surface area contributed by atoms with Gasteiger partial charge in [0.1, 0.15) is 0 Å². The summed E-state index contributed by atoms with van der Waals surface area (Å²) in [6, 6.07) is 2.16. The summed E-state index contributed by atoms with van der Waals surface area (Å²) in [5, 5.41) is 3.95. The molecule has 1 aliphatic carbocycles. The molecule has 2 aliphatic heterocycles. The van der Waals surface area contributed by atoms with Crippen LogP contribution < -0.4 is 5.32 Å². The van der Waals surface area contributed by atoms with Gasteiger partial charge in [-0.05, 0) is 59.0 Å². The highest BCUT2D eigenvalue weighted by molar-refractivity contribution is 4.95. The first-order valence-electron chi connectivity index (χ1n) is 8.27. The van der Waals surface area contributed by atoms with Gasteiger partial charge >= 0.3 is 0 Å². The lowest BCUT2D eigenvalue weighted by Gasteiger charge is -2.42. The first-order valence-corrected chi connectivity index (χ1v) is 8.27. The van der Waals surface area contributed by atoms with Gasteiger partial charge in [-0.15, -0.1) is 0 Å². The van der Waals surface area contributed by atoms with Crippen molar-refractivity contribution in [3.8, 4) is 0 Å². The van der Waals surface area contributed by atoms with Gasteiger partial charge in [0.05, 0.1) is 5.60 Å². The molecule has 3 aliphatic rings. The van der Waals surface area contributed by atoms with Gasteiger partial charge in [-0.1, -0.05) is 12.8 Å². The van der Waals surface area contributed by atoms with Crippen LogP contribution in [0.3, 0.4) is 0 Å². The van der Waals surface area contributed by atoms with E-state index in [1.807, 2.05) is 0 Å². The van der Waals surface area contributed by atoms with Gasteiger partial charge in [-0.2, -0.15) is 0 Å². The molecule has 110 valence electrons. The molecule has 0 amide bonds. The highest BCUT2D eigenvalue weighted by Gasteiger charge is 2.40. The molecule has 2 saturated heterocycles. The Balaban J connectivity index is 1.52. The monoisotopic (exact) mass is 266 g/mol. The van der Waals surface area contributed by atoms with E-state index in [0.29, 0.717) is 6.04 Å². The van der Waals surface area contributed by atoms with E-state index in [-0.39, 0.29) is 5.60 Å². The van der Waals surface area contributed by atoms with Crippen LogP contribution in [-0.4, -0.2) is 48.8 Å². The topological polar surface area (TPSA) is 24.5 Å². The number of hydrogen-bond donors (Lipinski definition) is 1. The van der Waals surface area contributed by atoms with Crippen molar-refractivity contribution in [3.05, 3.63) is 0 Å². The number of hydrogen-bond acceptors (Lipinski definition) is 3. The predicted molar refractivity (Wildman–Crippen MR) is 78.4 cm³/mol. The summed E-state index contributed by atoms with van der Waals surface area (Å²) in [5.41, 5.74) is 0.257. The zero-order chi connectivity index (χ0) is 13.3. The quantitative estimate of drug-likeness (QED) is 0.831. The fourth-order valence-electron chi connectivity index (χ4n) is 4.31. The molecule has 3 heteroatoms. The van der Waals surface area contributed by atoms with Crippen LogP contribution in [-0.2, 0) is 4.74 Å². The van der Waals surface area contributed by atoms with Crippen LogP contribution in [0, 0.1) is 0 Å². The Bertz CT molecular complexity index is 301. The molecule has 3 fully saturated rings. The number of rotatable bonds is 2. The summed E-state index contributed by atoms with van der Waals surface area (Å²) in [6.07, 6.45) is 10.4. The van der Waals surface area contributed by atoms with Crippen molar-refractivity contribution >= 4 is 0 Å². The van der Waals surface area contributed by atoms with Gasteiger partial charge in [-0.25, -0.2) is 0 Å². The fourth-order valence-corrected chi connectivity index (χ4v) is 4.31. The van der Waals surface area contributed by atoms with Crippen LogP contribution >= 0.6 is 0 Å². The normalized spacial score (nSPS) is 39.8. The lowest BCUT2D eigenvalue weighted by atomic mass is 9.87. The van der Waals surface area contributed by atoms with Crippen LogP contribution in [0.1, 0.15) is 58.3 Å². The Morgan fingerprint density at radius 2 is 1.95 bits per heavy atom. The first kappa shape index (κ1) is 13.8. The van der Waals surface area contributed by atoms with Gasteiger partial charge < -0.3 is 15.0 Å². The Labute approximate surface area is 118 Å². The molecule has 0 radical (unpaired) electrons. The molecule has 0 bridgehead atoms. The molecule has 19 heavy (non-hydrogen) atoms. The molecule has 1 spiro atoms. The molecule has 3 rings (SSSR count). The molecule has 3 atom stereocenters. The standard InChI is InChI=1S/C16H30N2O/c1-13-11-14(5-9-18(13)2)17-15-6-10-19-16(12-15)7-3-4-8-16/h13-15,17H,3-12H2,1-2H3. The molecule has 0 aromatic rings. The maximum absolute atomic E-state index is 6.14. The summed E-state index contributed by atoms with van der Waals surface area (Å²) in [6.45, 7) is 4.57. The van der Waals surface area contributed by atoms with Crippen LogP contribution in [0.25, 0.3) is 0 Å². The highest BCUT2D eigenvalue weighted by Crippen LogP contribution is 2.40. The maximum atomic E-state index is 6.14. The van der Waals surface area contributed by atoms with E-state index in [9.17, 15) is 0 Å². The summed E-state index contributed by atoms with van der Waals surface area (Å²) < 4.78 is 6.14. The second-order valence-electron chi connectivity index (χ2n) is 7.15. The fraction of sp³-hybridized carbons (Fsp3) is 1.00. The van der Waals surface area contributed by atoms with E-state index >= 15 is 0 Å². The molecule has 1 saturated carbocycles. The van der Waals surface area contributed by atoms with Gasteiger partial charge in [0.15, 0.2) is 0 Å². The molecule has 3 unspecified atom stereocenters. The lowest BCUT2D eigenvalue weighted by molar-refractivity contribution is -0.0855. The van der Waals surface area contributed by atoms with Crippen molar-refractivity contribution in [1.29, 1.82) is 0 Å². The Hall–Kier alpha value is -0.120. The van der Waals surface area contributed by atoms with Crippen LogP contribution in [0.4, 0.5) is 0 Å². The Morgan fingerprint density at radius 1 is 1.16 bits per heavy atom. The van der Waals surface area contributed by atoms with Gasteiger partial charge in [0, 0.05) is 24.7 Å². The van der Waals surface area contributed by atoms with E-state index in [4.69, 9.17) is 4.74 Å². The number of nitrogens with one attached hydrogen (secondary N) is 1. The molecule has 1 N–H and O–H groups in total. The highest BCUT2D eigenvalue weighted by atomic mass is 16.5. The zero-order valence-electron chi connectivity index (χ0n) is 12.7. The molecule has 2 heterocycles. The van der Waals surface area contributed by atoms with Crippen molar-refractivity contribution in [2.24, 2.45) is 0 Å². The lowest BCUT2D eigenvalue weighted by Crippen LogP contribution is -2.52. The average Bonchev–Trinajstić information content (AvgIpc) is 2.82. The van der Waals surface area contributed by atoms with E-state index in [1.165, 1.54) is 57.9 Å². The molecule has 3 nitrogen and oxygen atoms in total. The summed E-state index contributed by atoms with van der Waals surface area (Å²) in [5.74, 6) is 0. The third-order valence-corrected chi connectivity index (χ3v) is 5.69. The Morgan fingerprint density at radius 3 is 2.68 bits per heavy atom. The van der Waals surface area contributed by atoms with Crippen molar-refractivity contribution in [2.45, 2.75) is 82.0 Å². The van der Waals surface area contributed by atoms with Crippen LogP contribution in [0.15, 0.2) is 0 Å². The van der Waals surface area contributed by atoms with Crippen molar-refractivity contribution in [2.75, 3.05) is 20.2 Å². The molecular weight excluding hydrogens is 236 g/mol. The Kier molecular flexibility index (Phi) is 4.16. The van der Waals surface area contributed by atoms with Crippen LogP contribution in [0.2, 0.25) is 0 Å². The van der Waals surface area contributed by atoms with Gasteiger partial charge in [0.25, 0.3) is 0 Å². The van der Waals surface area contributed by atoms with Crippen LogP contribution in [0.5, 0.6) is 0 Å². The molecule has 0 aromatic carbocycles. The van der Waals surface area contributed by atoms with Gasteiger partial charge in [-0.3, -0.25) is 0 Å². The van der Waals surface area contributed by atoms with E-state index in [1.54, 1.807) is 0 Å². The van der Waals surface area contributed by atoms with Crippen molar-refractivity contribution in [3.63, 3.8) is 0 Å². The summed E-state index contributed by atoms with van der Waals surface area (Å²) in [7, 11) is 2.25. The number of ether oxygens (including phenoxy) is 1. The van der Waals surface area contributed by atoms with E-state index < -0.39 is 0 Å². The first-order chi connectivity index (χ1) is 9.17. The smallest absolute Gasteiger partial charge is 0.0697 e. The predicted octanol–water partition coefficient (Wildman–Crippen LogP) is 2.55. The van der Waals surface area contributed by atoms with Crippen molar-refractivity contribution in [1.82, 2.24) is 10.2 Å². The number of piperidine rings is 1. The summed E-state index contributed by atoms with van der Waals surface area (Å²) >= 11 is 0. The average molecular weight is 266 g/mol.